The van der Waals surface area contributed by atoms with Crippen LogP contribution >= 0.6 is 0 Å². The lowest BCUT2D eigenvalue weighted by atomic mass is 9.96. The minimum absolute atomic E-state index is 0.0846. The molecule has 0 aliphatic rings. The Bertz CT molecular complexity index is 140. The Morgan fingerprint density at radius 2 is 1.71 bits per heavy atom. The second-order valence-corrected chi connectivity index (χ2v) is 4.39. The van der Waals surface area contributed by atoms with Crippen LogP contribution in [0.15, 0.2) is 0 Å². The standard InChI is InChI=1S/C12H25NO/c1-4-6-10(3)8-12(14)9-11(13)7-5-2/h10-11H,4-9,13H2,1-3H3. The van der Waals surface area contributed by atoms with Crippen molar-refractivity contribution in [2.24, 2.45) is 11.7 Å². The largest absolute Gasteiger partial charge is 0.327 e. The summed E-state index contributed by atoms with van der Waals surface area (Å²) >= 11 is 0. The van der Waals surface area contributed by atoms with E-state index in [2.05, 4.69) is 20.8 Å². The maximum absolute atomic E-state index is 11.5. The fourth-order valence-corrected chi connectivity index (χ4v) is 1.83. The van der Waals surface area contributed by atoms with Crippen molar-refractivity contribution >= 4 is 5.78 Å². The van der Waals surface area contributed by atoms with E-state index in [0.29, 0.717) is 24.5 Å². The van der Waals surface area contributed by atoms with Crippen LogP contribution in [0.3, 0.4) is 0 Å². The smallest absolute Gasteiger partial charge is 0.134 e. The minimum atomic E-state index is 0.0846. The van der Waals surface area contributed by atoms with Crippen LogP contribution in [0.25, 0.3) is 0 Å². The molecule has 0 amide bonds. The molecule has 2 nitrogen and oxygen atoms in total. The van der Waals surface area contributed by atoms with Crippen molar-refractivity contribution in [2.75, 3.05) is 0 Å². The quantitative estimate of drug-likeness (QED) is 0.653. The lowest BCUT2D eigenvalue weighted by molar-refractivity contribution is -0.120. The van der Waals surface area contributed by atoms with E-state index in [4.69, 9.17) is 5.73 Å². The highest BCUT2D eigenvalue weighted by molar-refractivity contribution is 5.79. The molecule has 0 rings (SSSR count). The first-order valence-electron chi connectivity index (χ1n) is 5.87. The molecule has 0 aromatic carbocycles. The van der Waals surface area contributed by atoms with E-state index in [1.165, 1.54) is 0 Å². The second-order valence-electron chi connectivity index (χ2n) is 4.39. The van der Waals surface area contributed by atoms with E-state index in [-0.39, 0.29) is 6.04 Å². The molecule has 2 heteroatoms. The van der Waals surface area contributed by atoms with Crippen molar-refractivity contribution in [1.82, 2.24) is 0 Å². The number of hydrogen-bond acceptors (Lipinski definition) is 2. The van der Waals surface area contributed by atoms with Crippen LogP contribution in [0.1, 0.15) is 59.3 Å². The second kappa shape index (κ2) is 7.98. The Morgan fingerprint density at radius 3 is 2.21 bits per heavy atom. The highest BCUT2D eigenvalue weighted by atomic mass is 16.1. The highest BCUT2D eigenvalue weighted by Crippen LogP contribution is 2.12. The van der Waals surface area contributed by atoms with Gasteiger partial charge in [0.1, 0.15) is 5.78 Å². The fourth-order valence-electron chi connectivity index (χ4n) is 1.83. The van der Waals surface area contributed by atoms with Crippen LogP contribution in [0.5, 0.6) is 0 Å². The Hall–Kier alpha value is -0.370. The molecule has 0 fully saturated rings. The summed E-state index contributed by atoms with van der Waals surface area (Å²) in [5, 5.41) is 0. The van der Waals surface area contributed by atoms with Crippen LogP contribution in [-0.2, 0) is 4.79 Å². The van der Waals surface area contributed by atoms with Gasteiger partial charge in [0, 0.05) is 18.9 Å². The number of carbonyl (C=O) groups is 1. The predicted molar refractivity (Wildman–Crippen MR) is 61.2 cm³/mol. The molecule has 0 aromatic rings. The van der Waals surface area contributed by atoms with E-state index in [1.54, 1.807) is 0 Å². The Kier molecular flexibility index (Phi) is 7.77. The lowest BCUT2D eigenvalue weighted by Crippen LogP contribution is -2.24. The molecule has 0 saturated carbocycles. The van der Waals surface area contributed by atoms with Crippen molar-refractivity contribution in [3.05, 3.63) is 0 Å². The number of rotatable bonds is 8. The highest BCUT2D eigenvalue weighted by Gasteiger charge is 2.11. The first-order valence-corrected chi connectivity index (χ1v) is 5.87. The number of hydrogen-bond donors (Lipinski definition) is 1. The number of Topliss-reactive ketones (excluding diaryl/α,β-unsaturated/α-hetero) is 1. The van der Waals surface area contributed by atoms with Gasteiger partial charge in [-0.15, -0.1) is 0 Å². The van der Waals surface area contributed by atoms with Gasteiger partial charge in [0.25, 0.3) is 0 Å². The van der Waals surface area contributed by atoms with Gasteiger partial charge in [-0.1, -0.05) is 40.0 Å². The molecule has 0 spiro atoms. The molecule has 0 aromatic heterocycles. The summed E-state index contributed by atoms with van der Waals surface area (Å²) in [5.74, 6) is 0.869. The normalized spacial score (nSPS) is 15.1. The molecule has 14 heavy (non-hydrogen) atoms. The van der Waals surface area contributed by atoms with Crippen LogP contribution in [0, 0.1) is 5.92 Å². The molecule has 2 unspecified atom stereocenters. The number of carbonyl (C=O) groups excluding carboxylic acids is 1. The van der Waals surface area contributed by atoms with Gasteiger partial charge in [0.05, 0.1) is 0 Å². The topological polar surface area (TPSA) is 43.1 Å². The molecule has 2 N–H and O–H groups in total. The van der Waals surface area contributed by atoms with Crippen molar-refractivity contribution in [3.63, 3.8) is 0 Å². The van der Waals surface area contributed by atoms with Crippen molar-refractivity contribution in [3.8, 4) is 0 Å². The number of ketones is 1. The number of nitrogens with two attached hydrogens (primary N) is 1. The SMILES string of the molecule is CCCC(C)CC(=O)CC(N)CCC. The Morgan fingerprint density at radius 1 is 1.14 bits per heavy atom. The van der Waals surface area contributed by atoms with Gasteiger partial charge in [-0.05, 0) is 12.3 Å². The zero-order valence-corrected chi connectivity index (χ0v) is 9.88. The first-order chi connectivity index (χ1) is 6.60. The molecule has 0 aliphatic carbocycles. The summed E-state index contributed by atoms with van der Waals surface area (Å²) < 4.78 is 0. The summed E-state index contributed by atoms with van der Waals surface area (Å²) in [6.45, 7) is 6.40. The average molecular weight is 199 g/mol. The van der Waals surface area contributed by atoms with Crippen LogP contribution in [-0.4, -0.2) is 11.8 Å². The fraction of sp³-hybridized carbons (Fsp3) is 0.917. The minimum Gasteiger partial charge on any atom is -0.327 e. The van der Waals surface area contributed by atoms with Gasteiger partial charge < -0.3 is 5.73 Å². The van der Waals surface area contributed by atoms with Gasteiger partial charge in [-0.2, -0.15) is 0 Å². The summed E-state index contributed by atoms with van der Waals surface area (Å²) in [6, 6.07) is 0.0846. The van der Waals surface area contributed by atoms with Gasteiger partial charge in [0.2, 0.25) is 0 Å². The summed E-state index contributed by atoms with van der Waals surface area (Å²) in [5.41, 5.74) is 5.81. The van der Waals surface area contributed by atoms with Crippen LogP contribution in [0.4, 0.5) is 0 Å². The zero-order valence-electron chi connectivity index (χ0n) is 9.88. The van der Waals surface area contributed by atoms with E-state index in [9.17, 15) is 4.79 Å². The molecule has 84 valence electrons. The Labute approximate surface area is 88.3 Å². The van der Waals surface area contributed by atoms with Crippen LogP contribution < -0.4 is 5.73 Å². The van der Waals surface area contributed by atoms with E-state index in [0.717, 1.165) is 25.7 Å². The molecule has 0 bridgehead atoms. The average Bonchev–Trinajstić information content (AvgIpc) is 2.03. The first kappa shape index (κ1) is 13.6. The van der Waals surface area contributed by atoms with Crippen molar-refractivity contribution < 1.29 is 4.79 Å². The predicted octanol–water partition coefficient (Wildman–Crippen LogP) is 2.90. The maximum atomic E-state index is 11.5. The van der Waals surface area contributed by atoms with E-state index >= 15 is 0 Å². The monoisotopic (exact) mass is 199 g/mol. The van der Waals surface area contributed by atoms with E-state index in [1.807, 2.05) is 0 Å². The third-order valence-electron chi connectivity index (χ3n) is 2.51. The third-order valence-corrected chi connectivity index (χ3v) is 2.51. The van der Waals surface area contributed by atoms with E-state index < -0.39 is 0 Å². The maximum Gasteiger partial charge on any atom is 0.134 e. The van der Waals surface area contributed by atoms with Crippen LogP contribution in [0.2, 0.25) is 0 Å². The summed E-state index contributed by atoms with van der Waals surface area (Å²) in [7, 11) is 0. The van der Waals surface area contributed by atoms with Gasteiger partial charge in [-0.25, -0.2) is 0 Å². The van der Waals surface area contributed by atoms with Crippen molar-refractivity contribution in [1.29, 1.82) is 0 Å². The summed E-state index contributed by atoms with van der Waals surface area (Å²) in [6.07, 6.45) is 5.63. The van der Waals surface area contributed by atoms with Crippen molar-refractivity contribution in [2.45, 2.75) is 65.3 Å². The molecule has 0 radical (unpaired) electrons. The third kappa shape index (κ3) is 7.07. The molecular weight excluding hydrogens is 174 g/mol. The molecule has 0 saturated heterocycles. The molecule has 2 atom stereocenters. The van der Waals surface area contributed by atoms with Gasteiger partial charge in [-0.3, -0.25) is 4.79 Å². The zero-order chi connectivity index (χ0) is 11.0. The Balaban J connectivity index is 3.63. The molecular formula is C12H25NO. The summed E-state index contributed by atoms with van der Waals surface area (Å²) in [4.78, 5) is 11.5. The molecule has 0 heterocycles. The lowest BCUT2D eigenvalue weighted by Gasteiger charge is -2.12. The van der Waals surface area contributed by atoms with Gasteiger partial charge >= 0.3 is 0 Å². The molecule has 0 aliphatic heterocycles. The van der Waals surface area contributed by atoms with Gasteiger partial charge in [0.15, 0.2) is 0 Å².